The van der Waals surface area contributed by atoms with Crippen molar-refractivity contribution >= 4 is 40.6 Å². The molecule has 1 N–H and O–H groups in total. The molecule has 1 heterocycles. The highest BCUT2D eigenvalue weighted by Crippen LogP contribution is 2.40. The van der Waals surface area contributed by atoms with Crippen molar-refractivity contribution in [2.45, 2.75) is 0 Å². The predicted octanol–water partition coefficient (Wildman–Crippen LogP) is 2.30. The Hall–Kier alpha value is -1.36. The summed E-state index contributed by atoms with van der Waals surface area (Å²) in [5, 5.41) is 3.50. The Morgan fingerprint density at radius 3 is 2.58 bits per heavy atom. The van der Waals surface area contributed by atoms with Gasteiger partial charge in [0.15, 0.2) is 0 Å². The molecular formula is C13H12Cl2N2O2. The molecule has 0 spiro atoms. The minimum absolute atomic E-state index is 0.177. The van der Waals surface area contributed by atoms with Gasteiger partial charge in [0.1, 0.15) is 0 Å². The number of likely N-dealkylation sites (N-methyl/N-ethyl adjacent to an activating group) is 1. The van der Waals surface area contributed by atoms with Gasteiger partial charge < -0.3 is 5.32 Å². The van der Waals surface area contributed by atoms with E-state index in [0.717, 1.165) is 5.57 Å². The molecule has 4 nitrogen and oxygen atoms in total. The summed E-state index contributed by atoms with van der Waals surface area (Å²) in [5.74, 6) is -1.25. The molecule has 0 saturated carbocycles. The van der Waals surface area contributed by atoms with E-state index < -0.39 is 11.7 Å². The molecule has 0 saturated heterocycles. The van der Waals surface area contributed by atoms with Crippen LogP contribution in [-0.4, -0.2) is 31.8 Å². The van der Waals surface area contributed by atoms with E-state index in [1.165, 1.54) is 11.0 Å². The zero-order valence-electron chi connectivity index (χ0n) is 10.3. The smallest absolute Gasteiger partial charge is 0.299 e. The summed E-state index contributed by atoms with van der Waals surface area (Å²) in [6.07, 6.45) is 0. The van der Waals surface area contributed by atoms with E-state index in [1.807, 2.05) is 0 Å². The topological polar surface area (TPSA) is 49.4 Å². The third-order valence-electron chi connectivity index (χ3n) is 2.82. The van der Waals surface area contributed by atoms with Crippen LogP contribution in [0.1, 0.15) is 10.4 Å². The summed E-state index contributed by atoms with van der Waals surface area (Å²) in [7, 11) is 1.78. The highest BCUT2D eigenvalue weighted by Gasteiger charge is 2.39. The number of fused-ring (bicyclic) bond motifs is 1. The molecule has 6 heteroatoms. The second-order valence-electron chi connectivity index (χ2n) is 4.25. The van der Waals surface area contributed by atoms with E-state index in [2.05, 4.69) is 11.9 Å². The summed E-state index contributed by atoms with van der Waals surface area (Å²) in [6, 6.07) is 3.09. The Morgan fingerprint density at radius 1 is 1.32 bits per heavy atom. The first-order valence-corrected chi connectivity index (χ1v) is 6.38. The highest BCUT2D eigenvalue weighted by molar-refractivity contribution is 6.57. The lowest BCUT2D eigenvalue weighted by Crippen LogP contribution is -2.33. The lowest BCUT2D eigenvalue weighted by Gasteiger charge is -2.19. The second kappa shape index (κ2) is 5.33. The molecule has 19 heavy (non-hydrogen) atoms. The van der Waals surface area contributed by atoms with Crippen LogP contribution in [0.5, 0.6) is 0 Å². The number of amides is 1. The van der Waals surface area contributed by atoms with Crippen LogP contribution in [0.3, 0.4) is 0 Å². The molecule has 1 aromatic rings. The number of nitrogens with zero attached hydrogens (tertiary/aromatic N) is 1. The van der Waals surface area contributed by atoms with Gasteiger partial charge in [0.25, 0.3) is 11.7 Å². The monoisotopic (exact) mass is 298 g/mol. The summed E-state index contributed by atoms with van der Waals surface area (Å²) < 4.78 is 0. The van der Waals surface area contributed by atoms with Crippen molar-refractivity contribution in [1.29, 1.82) is 0 Å². The van der Waals surface area contributed by atoms with Crippen LogP contribution in [0.25, 0.3) is 0 Å². The molecule has 0 atom stereocenters. The number of nitrogens with one attached hydrogen (secondary N) is 1. The fourth-order valence-corrected chi connectivity index (χ4v) is 2.53. The lowest BCUT2D eigenvalue weighted by atomic mass is 10.1. The first-order chi connectivity index (χ1) is 8.97. The zero-order valence-corrected chi connectivity index (χ0v) is 11.8. The van der Waals surface area contributed by atoms with Crippen molar-refractivity contribution in [3.05, 3.63) is 39.9 Å². The molecule has 1 aliphatic heterocycles. The van der Waals surface area contributed by atoms with Gasteiger partial charge in [0.2, 0.25) is 0 Å². The third-order valence-corrected chi connectivity index (χ3v) is 3.44. The predicted molar refractivity (Wildman–Crippen MR) is 76.2 cm³/mol. The van der Waals surface area contributed by atoms with Crippen molar-refractivity contribution in [3.8, 4) is 0 Å². The first kappa shape index (κ1) is 14.1. The minimum atomic E-state index is -0.625. The quantitative estimate of drug-likeness (QED) is 0.685. The van der Waals surface area contributed by atoms with Gasteiger partial charge in [-0.2, -0.15) is 0 Å². The molecule has 0 fully saturated rings. The normalized spacial score (nSPS) is 13.9. The standard InChI is InChI=1S/C13H12Cl2N2O2/c1-7(5-16-2)6-17-11-9(15)4-3-8(14)10(11)12(18)13(17)19/h3-4,16H,1,5-6H2,2H3. The zero-order chi connectivity index (χ0) is 14.2. The average Bonchev–Trinajstić information content (AvgIpc) is 2.60. The van der Waals surface area contributed by atoms with Gasteiger partial charge in [0, 0.05) is 13.1 Å². The maximum atomic E-state index is 12.0. The Balaban J connectivity index is 2.44. The molecule has 1 amide bonds. The Morgan fingerprint density at radius 2 is 1.95 bits per heavy atom. The lowest BCUT2D eigenvalue weighted by molar-refractivity contribution is -0.114. The maximum absolute atomic E-state index is 12.0. The van der Waals surface area contributed by atoms with E-state index in [1.54, 1.807) is 13.1 Å². The number of carbonyl (C=O) groups excluding carboxylic acids is 2. The van der Waals surface area contributed by atoms with Crippen LogP contribution in [-0.2, 0) is 4.79 Å². The molecule has 1 aliphatic rings. The molecule has 0 aromatic heterocycles. The van der Waals surface area contributed by atoms with E-state index in [9.17, 15) is 9.59 Å². The number of ketones is 1. The van der Waals surface area contributed by atoms with Crippen LogP contribution in [0.4, 0.5) is 5.69 Å². The van der Waals surface area contributed by atoms with Crippen LogP contribution in [0.15, 0.2) is 24.3 Å². The number of hydrogen-bond acceptors (Lipinski definition) is 3. The number of halogens is 2. The Bertz CT molecular complexity index is 584. The van der Waals surface area contributed by atoms with E-state index in [4.69, 9.17) is 23.2 Å². The number of anilines is 1. The molecule has 0 bridgehead atoms. The summed E-state index contributed by atoms with van der Waals surface area (Å²) >= 11 is 12.0. The van der Waals surface area contributed by atoms with E-state index in [0.29, 0.717) is 17.3 Å². The van der Waals surface area contributed by atoms with Crippen molar-refractivity contribution in [2.24, 2.45) is 0 Å². The Kier molecular flexibility index (Phi) is 3.94. The van der Waals surface area contributed by atoms with Gasteiger partial charge >= 0.3 is 0 Å². The molecule has 1 aromatic carbocycles. The number of Topliss-reactive ketones (excluding diaryl/α,β-unsaturated/α-hetero) is 1. The van der Waals surface area contributed by atoms with Gasteiger partial charge in [-0.25, -0.2) is 0 Å². The van der Waals surface area contributed by atoms with Gasteiger partial charge in [-0.05, 0) is 24.8 Å². The maximum Gasteiger partial charge on any atom is 0.299 e. The largest absolute Gasteiger partial charge is 0.316 e. The molecule has 0 unspecified atom stereocenters. The van der Waals surface area contributed by atoms with Crippen LogP contribution >= 0.6 is 23.2 Å². The van der Waals surface area contributed by atoms with Crippen molar-refractivity contribution in [3.63, 3.8) is 0 Å². The molecule has 0 radical (unpaired) electrons. The summed E-state index contributed by atoms with van der Waals surface area (Å²) in [5.41, 5.74) is 1.32. The second-order valence-corrected chi connectivity index (χ2v) is 5.07. The SMILES string of the molecule is C=C(CNC)CN1C(=O)C(=O)c2c(Cl)ccc(Cl)c21. The van der Waals surface area contributed by atoms with Crippen molar-refractivity contribution < 1.29 is 9.59 Å². The van der Waals surface area contributed by atoms with Crippen molar-refractivity contribution in [1.82, 2.24) is 5.32 Å². The summed E-state index contributed by atoms with van der Waals surface area (Å²) in [4.78, 5) is 25.3. The Labute approximate surface area is 121 Å². The minimum Gasteiger partial charge on any atom is -0.316 e. The first-order valence-electron chi connectivity index (χ1n) is 5.62. The van der Waals surface area contributed by atoms with Gasteiger partial charge in [-0.3, -0.25) is 14.5 Å². The molecule has 0 aliphatic carbocycles. The fraction of sp³-hybridized carbons (Fsp3) is 0.231. The molecular weight excluding hydrogens is 287 g/mol. The van der Waals surface area contributed by atoms with Crippen LogP contribution in [0.2, 0.25) is 10.0 Å². The number of rotatable bonds is 4. The fourth-order valence-electron chi connectivity index (χ4n) is 2.03. The number of hydrogen-bond donors (Lipinski definition) is 1. The van der Waals surface area contributed by atoms with Gasteiger partial charge in [-0.1, -0.05) is 29.8 Å². The van der Waals surface area contributed by atoms with Gasteiger partial charge in [-0.15, -0.1) is 0 Å². The van der Waals surface area contributed by atoms with Crippen molar-refractivity contribution in [2.75, 3.05) is 25.0 Å². The number of carbonyl (C=O) groups is 2. The van der Waals surface area contributed by atoms with Gasteiger partial charge in [0.05, 0.1) is 21.3 Å². The van der Waals surface area contributed by atoms with E-state index >= 15 is 0 Å². The number of benzene rings is 1. The molecule has 100 valence electrons. The summed E-state index contributed by atoms with van der Waals surface area (Å²) in [6.45, 7) is 4.63. The molecule has 2 rings (SSSR count). The third kappa shape index (κ3) is 2.39. The van der Waals surface area contributed by atoms with Crippen LogP contribution in [0, 0.1) is 0 Å². The van der Waals surface area contributed by atoms with Crippen LogP contribution < -0.4 is 10.2 Å². The van der Waals surface area contributed by atoms with E-state index in [-0.39, 0.29) is 17.1 Å². The highest BCUT2D eigenvalue weighted by atomic mass is 35.5. The average molecular weight is 299 g/mol.